The number of ether oxygens (including phenoxy) is 1. The van der Waals surface area contributed by atoms with Crippen LogP contribution in [0.5, 0.6) is 0 Å². The molecule has 0 aromatic rings. The summed E-state index contributed by atoms with van der Waals surface area (Å²) in [5, 5.41) is 0. The highest BCUT2D eigenvalue weighted by Crippen LogP contribution is 2.48. The number of rotatable bonds is 9. The van der Waals surface area contributed by atoms with E-state index in [0.717, 1.165) is 0 Å². The lowest BCUT2D eigenvalue weighted by Gasteiger charge is -2.16. The molecule has 0 radical (unpaired) electrons. The van der Waals surface area contributed by atoms with Crippen molar-refractivity contribution in [2.75, 3.05) is 26.5 Å². The van der Waals surface area contributed by atoms with Gasteiger partial charge in [0.2, 0.25) is 0 Å². The largest absolute Gasteiger partial charge is 0.469 e. The monoisotopic (exact) mass is 248 g/mol. The topological polar surface area (TPSA) is 61.8 Å². The smallest absolute Gasteiger partial charge is 0.331 e. The van der Waals surface area contributed by atoms with Crippen LogP contribution in [0.1, 0.15) is 6.42 Å². The summed E-state index contributed by atoms with van der Waals surface area (Å²) >= 11 is 0. The number of carbonyl (C=O) groups is 1. The first-order valence-corrected chi connectivity index (χ1v) is 6.47. The fourth-order valence-electron chi connectivity index (χ4n) is 0.829. The van der Waals surface area contributed by atoms with Crippen molar-refractivity contribution < 1.29 is 23.1 Å². The molecule has 0 fully saturated rings. The summed E-state index contributed by atoms with van der Waals surface area (Å²) in [6.07, 6.45) is 2.90. The molecule has 0 bridgehead atoms. The molecule has 0 aliphatic carbocycles. The van der Waals surface area contributed by atoms with Crippen molar-refractivity contribution >= 4 is 13.6 Å². The van der Waals surface area contributed by atoms with E-state index in [1.807, 2.05) is 0 Å². The summed E-state index contributed by atoms with van der Waals surface area (Å²) in [6.45, 7) is 7.10. The number of methoxy groups -OCH3 is 1. The Hall–Kier alpha value is -0.900. The second-order valence-electron chi connectivity index (χ2n) is 2.83. The minimum Gasteiger partial charge on any atom is -0.469 e. The molecule has 0 unspecified atom stereocenters. The maximum atomic E-state index is 12.0. The van der Waals surface area contributed by atoms with Crippen molar-refractivity contribution in [1.29, 1.82) is 0 Å². The normalized spacial score (nSPS) is 10.8. The van der Waals surface area contributed by atoms with Gasteiger partial charge < -0.3 is 13.8 Å². The Labute approximate surface area is 95.6 Å². The van der Waals surface area contributed by atoms with Gasteiger partial charge in [-0.2, -0.15) is 0 Å². The van der Waals surface area contributed by atoms with Crippen LogP contribution in [0.3, 0.4) is 0 Å². The van der Waals surface area contributed by atoms with E-state index in [-0.39, 0.29) is 25.8 Å². The first kappa shape index (κ1) is 15.1. The lowest BCUT2D eigenvalue weighted by Crippen LogP contribution is -2.07. The molecular formula is C10H17O5P. The van der Waals surface area contributed by atoms with Crippen molar-refractivity contribution in [1.82, 2.24) is 0 Å². The molecule has 0 heterocycles. The Morgan fingerprint density at radius 2 is 1.75 bits per heavy atom. The van der Waals surface area contributed by atoms with E-state index in [1.165, 1.54) is 19.3 Å². The Bertz CT molecular complexity index is 271. The van der Waals surface area contributed by atoms with Gasteiger partial charge in [-0.05, 0) is 0 Å². The number of esters is 1. The molecule has 0 rings (SSSR count). The third-order valence-corrected chi connectivity index (χ3v) is 3.45. The number of hydrogen-bond acceptors (Lipinski definition) is 5. The van der Waals surface area contributed by atoms with E-state index in [2.05, 4.69) is 17.9 Å². The van der Waals surface area contributed by atoms with Crippen LogP contribution < -0.4 is 0 Å². The zero-order chi connectivity index (χ0) is 12.4. The molecule has 16 heavy (non-hydrogen) atoms. The summed E-state index contributed by atoms with van der Waals surface area (Å²) in [5.41, 5.74) is 0. The number of carbonyl (C=O) groups excluding carboxylic acids is 1. The molecule has 0 saturated carbocycles. The fraction of sp³-hybridized carbons (Fsp3) is 0.500. The fourth-order valence-corrected chi connectivity index (χ4v) is 2.28. The van der Waals surface area contributed by atoms with E-state index in [9.17, 15) is 9.36 Å². The van der Waals surface area contributed by atoms with Crippen molar-refractivity contribution in [3.8, 4) is 0 Å². The molecule has 92 valence electrons. The Kier molecular flexibility index (Phi) is 7.81. The molecule has 0 spiro atoms. The molecule has 6 heteroatoms. The summed E-state index contributed by atoms with van der Waals surface area (Å²) in [4.78, 5) is 10.9. The minimum atomic E-state index is -3.26. The van der Waals surface area contributed by atoms with Crippen LogP contribution in [-0.4, -0.2) is 32.5 Å². The predicted molar refractivity (Wildman–Crippen MR) is 61.4 cm³/mol. The average Bonchev–Trinajstić information content (AvgIpc) is 2.31. The summed E-state index contributed by atoms with van der Waals surface area (Å²) in [6, 6.07) is 0. The van der Waals surface area contributed by atoms with Gasteiger partial charge in [0.15, 0.2) is 0 Å². The molecule has 0 atom stereocenters. The highest BCUT2D eigenvalue weighted by atomic mass is 31.2. The van der Waals surface area contributed by atoms with Gasteiger partial charge in [0, 0.05) is 0 Å². The molecule has 0 aliphatic heterocycles. The van der Waals surface area contributed by atoms with E-state index < -0.39 is 13.6 Å². The van der Waals surface area contributed by atoms with Gasteiger partial charge >= 0.3 is 13.6 Å². The zero-order valence-electron chi connectivity index (χ0n) is 9.39. The molecule has 0 amide bonds. The molecule has 0 N–H and O–H groups in total. The van der Waals surface area contributed by atoms with Gasteiger partial charge in [0.1, 0.15) is 0 Å². The first-order chi connectivity index (χ1) is 7.58. The van der Waals surface area contributed by atoms with Crippen LogP contribution in [-0.2, 0) is 23.1 Å². The highest BCUT2D eigenvalue weighted by molar-refractivity contribution is 7.53. The summed E-state index contributed by atoms with van der Waals surface area (Å²) in [7, 11) is -2.00. The highest BCUT2D eigenvalue weighted by Gasteiger charge is 2.25. The maximum absolute atomic E-state index is 12.0. The van der Waals surface area contributed by atoms with E-state index in [1.54, 1.807) is 0 Å². The molecule has 0 aromatic heterocycles. The third-order valence-electron chi connectivity index (χ3n) is 1.60. The minimum absolute atomic E-state index is 0.0118. The second-order valence-corrected chi connectivity index (χ2v) is 5.01. The third kappa shape index (κ3) is 6.56. The standard InChI is InChI=1S/C10H17O5P/c1-4-7-14-16(12,15-8-5-2)9-6-10(11)13-3/h4-5H,1-2,6-9H2,3H3. The first-order valence-electron chi connectivity index (χ1n) is 4.74. The van der Waals surface area contributed by atoms with Crippen molar-refractivity contribution in [2.24, 2.45) is 0 Å². The quantitative estimate of drug-likeness (QED) is 0.355. The Balaban J connectivity index is 4.27. The van der Waals surface area contributed by atoms with Crippen LogP contribution in [0, 0.1) is 0 Å². The SMILES string of the molecule is C=CCOP(=O)(CCC(=O)OC)OCC=C. The molecule has 0 aromatic carbocycles. The lowest BCUT2D eigenvalue weighted by molar-refractivity contribution is -0.140. The van der Waals surface area contributed by atoms with E-state index >= 15 is 0 Å². The predicted octanol–water partition coefficient (Wildman–Crippen LogP) is 2.15. The Morgan fingerprint density at radius 1 is 1.25 bits per heavy atom. The van der Waals surface area contributed by atoms with Crippen LogP contribution in [0.25, 0.3) is 0 Å². The Morgan fingerprint density at radius 3 is 2.12 bits per heavy atom. The number of hydrogen-bond donors (Lipinski definition) is 0. The van der Waals surface area contributed by atoms with E-state index in [4.69, 9.17) is 9.05 Å². The van der Waals surface area contributed by atoms with Crippen LogP contribution in [0.4, 0.5) is 0 Å². The summed E-state index contributed by atoms with van der Waals surface area (Å²) < 4.78 is 26.5. The zero-order valence-corrected chi connectivity index (χ0v) is 10.3. The lowest BCUT2D eigenvalue weighted by atomic mass is 10.5. The van der Waals surface area contributed by atoms with Gasteiger partial charge in [0.25, 0.3) is 0 Å². The van der Waals surface area contributed by atoms with Gasteiger partial charge in [-0.1, -0.05) is 12.2 Å². The van der Waals surface area contributed by atoms with Gasteiger partial charge in [-0.15, -0.1) is 13.2 Å². The van der Waals surface area contributed by atoms with Gasteiger partial charge in [-0.3, -0.25) is 9.36 Å². The molecule has 0 saturated heterocycles. The second kappa shape index (κ2) is 8.28. The van der Waals surface area contributed by atoms with Gasteiger partial charge in [0.05, 0.1) is 32.9 Å². The summed E-state index contributed by atoms with van der Waals surface area (Å²) in [5.74, 6) is -0.454. The van der Waals surface area contributed by atoms with Crippen molar-refractivity contribution in [3.63, 3.8) is 0 Å². The average molecular weight is 248 g/mol. The molecular weight excluding hydrogens is 231 g/mol. The molecule has 5 nitrogen and oxygen atoms in total. The molecule has 0 aliphatic rings. The maximum Gasteiger partial charge on any atom is 0.331 e. The van der Waals surface area contributed by atoms with Crippen molar-refractivity contribution in [3.05, 3.63) is 25.3 Å². The van der Waals surface area contributed by atoms with Crippen LogP contribution >= 0.6 is 7.60 Å². The van der Waals surface area contributed by atoms with E-state index in [0.29, 0.717) is 0 Å². The van der Waals surface area contributed by atoms with Crippen LogP contribution in [0.15, 0.2) is 25.3 Å². The van der Waals surface area contributed by atoms with Crippen molar-refractivity contribution in [2.45, 2.75) is 6.42 Å². The van der Waals surface area contributed by atoms with Gasteiger partial charge in [-0.25, -0.2) is 0 Å². The van der Waals surface area contributed by atoms with Crippen LogP contribution in [0.2, 0.25) is 0 Å².